The first-order valence-electron chi connectivity index (χ1n) is 8.05. The van der Waals surface area contributed by atoms with E-state index < -0.39 is 24.7 Å². The summed E-state index contributed by atoms with van der Waals surface area (Å²) in [6.45, 7) is 1.75. The molecule has 0 aromatic heterocycles. The number of nitrogens with one attached hydrogen (secondary N) is 1. The van der Waals surface area contributed by atoms with Gasteiger partial charge in [0.15, 0.2) is 6.61 Å². The average Bonchev–Trinajstić information content (AvgIpc) is 2.54. The lowest BCUT2D eigenvalue weighted by Crippen LogP contribution is -2.39. The summed E-state index contributed by atoms with van der Waals surface area (Å²) in [5.41, 5.74) is 0.0359. The highest BCUT2D eigenvalue weighted by Gasteiger charge is 2.31. The van der Waals surface area contributed by atoms with Crippen LogP contribution in [0.1, 0.15) is 43.0 Å². The Kier molecular flexibility index (Phi) is 6.27. The number of ether oxygens (including phenoxy) is 2. The van der Waals surface area contributed by atoms with Gasteiger partial charge in [-0.05, 0) is 55.9 Å². The first-order valence-corrected chi connectivity index (χ1v) is 8.05. The average molecular weight is 359 g/mol. The monoisotopic (exact) mass is 359 g/mol. The van der Waals surface area contributed by atoms with Crippen LogP contribution in [0.15, 0.2) is 24.3 Å². The molecule has 0 spiro atoms. The minimum atomic E-state index is -4.79. The van der Waals surface area contributed by atoms with E-state index in [1.165, 1.54) is 0 Å². The van der Waals surface area contributed by atoms with Crippen molar-refractivity contribution in [3.05, 3.63) is 29.8 Å². The molecule has 0 saturated heterocycles. The number of hydrogen-bond donors (Lipinski definition) is 1. The van der Waals surface area contributed by atoms with Gasteiger partial charge < -0.3 is 14.8 Å². The van der Waals surface area contributed by atoms with Crippen LogP contribution in [0.2, 0.25) is 0 Å². The van der Waals surface area contributed by atoms with E-state index in [2.05, 4.69) is 17.0 Å². The van der Waals surface area contributed by atoms with E-state index in [0.717, 1.165) is 49.9 Å². The molecule has 1 aliphatic rings. The third-order valence-electron chi connectivity index (χ3n) is 4.04. The van der Waals surface area contributed by atoms with Crippen LogP contribution in [0.4, 0.5) is 13.2 Å². The Labute approximate surface area is 143 Å². The molecule has 0 atom stereocenters. The maximum atomic E-state index is 12.1. The molecular formula is C17H20F3NO4. The zero-order chi connectivity index (χ0) is 18.4. The number of carbonyl (C=O) groups excluding carboxylic acids is 2. The number of carbonyl (C=O) groups is 2. The zero-order valence-electron chi connectivity index (χ0n) is 13.8. The third kappa shape index (κ3) is 6.64. The number of benzene rings is 1. The van der Waals surface area contributed by atoms with Gasteiger partial charge in [0.2, 0.25) is 0 Å². The van der Waals surface area contributed by atoms with Gasteiger partial charge in [-0.25, -0.2) is 4.79 Å². The molecule has 1 aromatic carbocycles. The highest BCUT2D eigenvalue weighted by atomic mass is 19.4. The molecule has 1 saturated carbocycles. The van der Waals surface area contributed by atoms with Gasteiger partial charge in [-0.15, -0.1) is 13.2 Å². The van der Waals surface area contributed by atoms with Crippen LogP contribution in [0.5, 0.6) is 5.75 Å². The predicted octanol–water partition coefficient (Wildman–Crippen LogP) is 3.44. The Morgan fingerprint density at radius 3 is 2.28 bits per heavy atom. The summed E-state index contributed by atoms with van der Waals surface area (Å²) in [5, 5.41) is 2.82. The van der Waals surface area contributed by atoms with Gasteiger partial charge in [0, 0.05) is 6.04 Å². The molecule has 25 heavy (non-hydrogen) atoms. The van der Waals surface area contributed by atoms with Gasteiger partial charge in [0.25, 0.3) is 5.91 Å². The summed E-state index contributed by atoms with van der Waals surface area (Å²) < 4.78 is 44.8. The van der Waals surface area contributed by atoms with Crippen molar-refractivity contribution in [1.29, 1.82) is 0 Å². The van der Waals surface area contributed by atoms with E-state index in [9.17, 15) is 22.8 Å². The van der Waals surface area contributed by atoms with E-state index in [4.69, 9.17) is 4.74 Å². The van der Waals surface area contributed by atoms with Crippen molar-refractivity contribution < 1.29 is 32.2 Å². The predicted molar refractivity (Wildman–Crippen MR) is 83.0 cm³/mol. The van der Waals surface area contributed by atoms with Crippen LogP contribution in [-0.4, -0.2) is 30.9 Å². The van der Waals surface area contributed by atoms with E-state index in [1.807, 2.05) is 0 Å². The molecule has 0 heterocycles. The second kappa shape index (κ2) is 8.22. The molecule has 5 nitrogen and oxygen atoms in total. The molecule has 1 N–H and O–H groups in total. The lowest BCUT2D eigenvalue weighted by atomic mass is 9.87. The first kappa shape index (κ1) is 19.1. The summed E-state index contributed by atoms with van der Waals surface area (Å²) in [6.07, 6.45) is -0.881. The first-order chi connectivity index (χ1) is 11.7. The van der Waals surface area contributed by atoms with Gasteiger partial charge >= 0.3 is 12.3 Å². The minimum Gasteiger partial charge on any atom is -0.452 e. The van der Waals surface area contributed by atoms with Gasteiger partial charge in [-0.1, -0.05) is 6.92 Å². The molecule has 1 fully saturated rings. The van der Waals surface area contributed by atoms with Crippen LogP contribution in [0.25, 0.3) is 0 Å². The minimum absolute atomic E-state index is 0.0359. The highest BCUT2D eigenvalue weighted by Crippen LogP contribution is 2.24. The lowest BCUT2D eigenvalue weighted by Gasteiger charge is -2.26. The molecule has 0 aliphatic heterocycles. The van der Waals surface area contributed by atoms with Crippen molar-refractivity contribution >= 4 is 11.9 Å². The van der Waals surface area contributed by atoms with Crippen LogP contribution < -0.4 is 10.1 Å². The molecule has 0 bridgehead atoms. The SMILES string of the molecule is CC1CCC(NC(=O)COC(=O)c2ccc(OC(F)(F)F)cc2)CC1. The largest absolute Gasteiger partial charge is 0.573 e. The van der Waals surface area contributed by atoms with Crippen molar-refractivity contribution in [2.75, 3.05) is 6.61 Å². The van der Waals surface area contributed by atoms with Crippen LogP contribution in [0.3, 0.4) is 0 Å². The van der Waals surface area contributed by atoms with Gasteiger partial charge in [0.1, 0.15) is 5.75 Å². The smallest absolute Gasteiger partial charge is 0.452 e. The van der Waals surface area contributed by atoms with Crippen molar-refractivity contribution in [2.24, 2.45) is 5.92 Å². The number of hydrogen-bond acceptors (Lipinski definition) is 4. The van der Waals surface area contributed by atoms with Crippen LogP contribution in [-0.2, 0) is 9.53 Å². The maximum absolute atomic E-state index is 12.1. The molecule has 1 aliphatic carbocycles. The summed E-state index contributed by atoms with van der Waals surface area (Å²) >= 11 is 0. The van der Waals surface area contributed by atoms with Crippen molar-refractivity contribution in [3.8, 4) is 5.75 Å². The lowest BCUT2D eigenvalue weighted by molar-refractivity contribution is -0.274. The summed E-state index contributed by atoms with van der Waals surface area (Å²) in [7, 11) is 0. The molecule has 1 aromatic rings. The molecule has 1 amide bonds. The topological polar surface area (TPSA) is 64.6 Å². The van der Waals surface area contributed by atoms with E-state index in [1.54, 1.807) is 0 Å². The number of amides is 1. The summed E-state index contributed by atoms with van der Waals surface area (Å²) in [4.78, 5) is 23.6. The number of halogens is 3. The van der Waals surface area contributed by atoms with Crippen molar-refractivity contribution in [3.63, 3.8) is 0 Å². The summed E-state index contributed by atoms with van der Waals surface area (Å²) in [6, 6.07) is 4.40. The van der Waals surface area contributed by atoms with Crippen LogP contribution in [0, 0.1) is 5.92 Å². The van der Waals surface area contributed by atoms with Crippen molar-refractivity contribution in [2.45, 2.75) is 45.0 Å². The standard InChI is InChI=1S/C17H20F3NO4/c1-11-2-6-13(7-3-11)21-15(22)10-24-16(23)12-4-8-14(9-5-12)25-17(18,19)20/h4-5,8-9,11,13H,2-3,6-7,10H2,1H3,(H,21,22). The van der Waals surface area contributed by atoms with Gasteiger partial charge in [-0.2, -0.15) is 0 Å². The Morgan fingerprint density at radius 2 is 1.72 bits per heavy atom. The maximum Gasteiger partial charge on any atom is 0.573 e. The quantitative estimate of drug-likeness (QED) is 0.818. The van der Waals surface area contributed by atoms with Gasteiger partial charge in [-0.3, -0.25) is 4.79 Å². The number of esters is 1. The molecule has 0 radical (unpaired) electrons. The fraction of sp³-hybridized carbons (Fsp3) is 0.529. The highest BCUT2D eigenvalue weighted by molar-refractivity contribution is 5.91. The fourth-order valence-corrected chi connectivity index (χ4v) is 2.68. The molecular weight excluding hydrogens is 339 g/mol. The zero-order valence-corrected chi connectivity index (χ0v) is 13.8. The van der Waals surface area contributed by atoms with Crippen LogP contribution >= 0.6 is 0 Å². The molecule has 8 heteroatoms. The Hall–Kier alpha value is -2.25. The van der Waals surface area contributed by atoms with E-state index in [0.29, 0.717) is 5.92 Å². The summed E-state index contributed by atoms with van der Waals surface area (Å²) in [5.74, 6) is -0.945. The normalized spacial score (nSPS) is 20.6. The fourth-order valence-electron chi connectivity index (χ4n) is 2.68. The Balaban J connectivity index is 1.76. The Morgan fingerprint density at radius 1 is 1.12 bits per heavy atom. The second-order valence-electron chi connectivity index (χ2n) is 6.17. The molecule has 2 rings (SSSR count). The number of alkyl halides is 3. The third-order valence-corrected chi connectivity index (χ3v) is 4.04. The van der Waals surface area contributed by atoms with E-state index in [-0.39, 0.29) is 17.5 Å². The van der Waals surface area contributed by atoms with Gasteiger partial charge in [0.05, 0.1) is 5.56 Å². The second-order valence-corrected chi connectivity index (χ2v) is 6.17. The van der Waals surface area contributed by atoms with E-state index >= 15 is 0 Å². The molecule has 138 valence electrons. The Bertz CT molecular complexity index is 593. The van der Waals surface area contributed by atoms with Crippen molar-refractivity contribution in [1.82, 2.24) is 5.32 Å². The number of rotatable bonds is 5. The molecule has 0 unspecified atom stereocenters.